The van der Waals surface area contributed by atoms with Crippen LogP contribution in [0.1, 0.15) is 58.3 Å². The molecule has 0 bridgehead atoms. The lowest BCUT2D eigenvalue weighted by molar-refractivity contribution is -0.0525. The molecular formula is C15H27NO. The minimum absolute atomic E-state index is 0.592. The van der Waals surface area contributed by atoms with Gasteiger partial charge in [0, 0.05) is 12.6 Å². The second kappa shape index (κ2) is 5.27. The Morgan fingerprint density at radius 1 is 1.12 bits per heavy atom. The van der Waals surface area contributed by atoms with Crippen LogP contribution in [-0.2, 0) is 4.74 Å². The molecule has 2 heterocycles. The van der Waals surface area contributed by atoms with Crippen LogP contribution in [-0.4, -0.2) is 30.3 Å². The number of ether oxygens (including phenoxy) is 1. The summed E-state index contributed by atoms with van der Waals surface area (Å²) >= 11 is 0. The summed E-state index contributed by atoms with van der Waals surface area (Å²) in [4.78, 5) is 2.65. The van der Waals surface area contributed by atoms with Crippen molar-refractivity contribution in [2.75, 3.05) is 13.3 Å². The molecule has 0 N–H and O–H groups in total. The molecule has 2 heteroatoms. The Bertz CT molecular complexity index is 255. The smallest absolute Gasteiger partial charge is 0.0996 e. The molecule has 3 fully saturated rings. The standard InChI is InChI=1S/C15H27NO/c1-2-12-7-8-14-9-13-5-3-4-6-15(13)17-11-16(14)10-12/h12-15H,2-11H2,1H3/t12-,13-,14-,15+/m1/s1. The van der Waals surface area contributed by atoms with Gasteiger partial charge in [-0.1, -0.05) is 26.2 Å². The maximum atomic E-state index is 6.20. The second-order valence-electron chi connectivity index (χ2n) is 6.39. The predicted molar refractivity (Wildman–Crippen MR) is 69.8 cm³/mol. The van der Waals surface area contributed by atoms with Gasteiger partial charge in [-0.2, -0.15) is 0 Å². The van der Waals surface area contributed by atoms with Crippen LogP contribution in [0.15, 0.2) is 0 Å². The Labute approximate surface area is 106 Å². The van der Waals surface area contributed by atoms with Crippen molar-refractivity contribution in [2.45, 2.75) is 70.4 Å². The molecule has 17 heavy (non-hydrogen) atoms. The summed E-state index contributed by atoms with van der Waals surface area (Å²) in [5.41, 5.74) is 0. The zero-order chi connectivity index (χ0) is 11.7. The molecule has 98 valence electrons. The van der Waals surface area contributed by atoms with Crippen LogP contribution in [0.2, 0.25) is 0 Å². The van der Waals surface area contributed by atoms with Gasteiger partial charge in [-0.15, -0.1) is 0 Å². The fourth-order valence-corrected chi connectivity index (χ4v) is 4.14. The van der Waals surface area contributed by atoms with Gasteiger partial charge in [0.05, 0.1) is 12.8 Å². The normalized spacial score (nSPS) is 43.6. The van der Waals surface area contributed by atoms with Crippen molar-refractivity contribution in [3.8, 4) is 0 Å². The third-order valence-corrected chi connectivity index (χ3v) is 5.36. The van der Waals surface area contributed by atoms with Gasteiger partial charge < -0.3 is 4.74 Å². The average Bonchev–Trinajstić information content (AvgIpc) is 2.57. The zero-order valence-corrected chi connectivity index (χ0v) is 11.2. The average molecular weight is 237 g/mol. The minimum atomic E-state index is 0.592. The number of fused-ring (bicyclic) bond motifs is 2. The van der Waals surface area contributed by atoms with Gasteiger partial charge in [-0.05, 0) is 43.9 Å². The summed E-state index contributed by atoms with van der Waals surface area (Å²) in [5.74, 6) is 1.80. The van der Waals surface area contributed by atoms with E-state index in [0.717, 1.165) is 24.6 Å². The molecule has 3 rings (SSSR count). The first-order chi connectivity index (χ1) is 8.36. The molecule has 3 aliphatic rings. The highest BCUT2D eigenvalue weighted by atomic mass is 16.5. The van der Waals surface area contributed by atoms with Crippen LogP contribution in [0.4, 0.5) is 0 Å². The van der Waals surface area contributed by atoms with E-state index in [4.69, 9.17) is 4.74 Å². The number of rotatable bonds is 1. The van der Waals surface area contributed by atoms with E-state index < -0.39 is 0 Å². The van der Waals surface area contributed by atoms with Gasteiger partial charge in [0.1, 0.15) is 0 Å². The van der Waals surface area contributed by atoms with Crippen LogP contribution in [0.25, 0.3) is 0 Å². The van der Waals surface area contributed by atoms with Gasteiger partial charge in [-0.3, -0.25) is 4.90 Å². The highest BCUT2D eigenvalue weighted by Gasteiger charge is 2.36. The summed E-state index contributed by atoms with van der Waals surface area (Å²) in [6.07, 6.45) is 11.8. The summed E-state index contributed by atoms with van der Waals surface area (Å²) in [6.45, 7) is 4.55. The van der Waals surface area contributed by atoms with E-state index in [2.05, 4.69) is 11.8 Å². The quantitative estimate of drug-likeness (QED) is 0.693. The topological polar surface area (TPSA) is 12.5 Å². The Balaban J connectivity index is 1.65. The van der Waals surface area contributed by atoms with E-state index in [1.54, 1.807) is 0 Å². The third kappa shape index (κ3) is 2.53. The van der Waals surface area contributed by atoms with Crippen molar-refractivity contribution >= 4 is 0 Å². The van der Waals surface area contributed by atoms with Crippen molar-refractivity contribution in [2.24, 2.45) is 11.8 Å². The summed E-state index contributed by atoms with van der Waals surface area (Å²) in [7, 11) is 0. The van der Waals surface area contributed by atoms with E-state index in [0.29, 0.717) is 6.10 Å². The fraction of sp³-hybridized carbons (Fsp3) is 1.00. The van der Waals surface area contributed by atoms with Crippen LogP contribution >= 0.6 is 0 Å². The second-order valence-corrected chi connectivity index (χ2v) is 6.39. The van der Waals surface area contributed by atoms with Crippen molar-refractivity contribution < 1.29 is 4.74 Å². The van der Waals surface area contributed by atoms with Crippen LogP contribution in [0, 0.1) is 11.8 Å². The number of hydrogen-bond acceptors (Lipinski definition) is 2. The predicted octanol–water partition coefficient (Wildman–Crippen LogP) is 3.41. The van der Waals surface area contributed by atoms with Gasteiger partial charge in [0.2, 0.25) is 0 Å². The summed E-state index contributed by atoms with van der Waals surface area (Å²) in [5, 5.41) is 0. The first-order valence-electron chi connectivity index (χ1n) is 7.72. The number of hydrogen-bond donors (Lipinski definition) is 0. The van der Waals surface area contributed by atoms with Crippen LogP contribution in [0.5, 0.6) is 0 Å². The Kier molecular flexibility index (Phi) is 3.72. The SMILES string of the molecule is CC[C@@H]1CC[C@@H]2C[C@H]3CCCC[C@@H]3OCN2C1. The van der Waals surface area contributed by atoms with Crippen molar-refractivity contribution in [3.63, 3.8) is 0 Å². The van der Waals surface area contributed by atoms with E-state index in [1.165, 1.54) is 57.9 Å². The molecule has 0 radical (unpaired) electrons. The van der Waals surface area contributed by atoms with Gasteiger partial charge >= 0.3 is 0 Å². The lowest BCUT2D eigenvalue weighted by Gasteiger charge is -2.38. The Morgan fingerprint density at radius 2 is 2.00 bits per heavy atom. The molecular weight excluding hydrogens is 210 g/mol. The lowest BCUT2D eigenvalue weighted by atomic mass is 9.80. The van der Waals surface area contributed by atoms with E-state index >= 15 is 0 Å². The summed E-state index contributed by atoms with van der Waals surface area (Å²) in [6, 6.07) is 0.839. The molecule has 0 aromatic carbocycles. The van der Waals surface area contributed by atoms with Gasteiger partial charge in [0.15, 0.2) is 0 Å². The van der Waals surface area contributed by atoms with Crippen LogP contribution < -0.4 is 0 Å². The zero-order valence-electron chi connectivity index (χ0n) is 11.2. The molecule has 1 aliphatic carbocycles. The largest absolute Gasteiger partial charge is 0.363 e. The van der Waals surface area contributed by atoms with Crippen molar-refractivity contribution in [3.05, 3.63) is 0 Å². The molecule has 0 aromatic rings. The van der Waals surface area contributed by atoms with Crippen LogP contribution in [0.3, 0.4) is 0 Å². The monoisotopic (exact) mass is 237 g/mol. The fourth-order valence-electron chi connectivity index (χ4n) is 4.14. The first kappa shape index (κ1) is 12.0. The van der Waals surface area contributed by atoms with E-state index in [9.17, 15) is 0 Å². The molecule has 2 aliphatic heterocycles. The number of nitrogens with zero attached hydrogens (tertiary/aromatic N) is 1. The molecule has 0 aromatic heterocycles. The molecule has 4 atom stereocenters. The third-order valence-electron chi connectivity index (χ3n) is 5.36. The molecule has 1 saturated carbocycles. The molecule has 2 saturated heterocycles. The Hall–Kier alpha value is -0.0800. The molecule has 2 nitrogen and oxygen atoms in total. The minimum Gasteiger partial charge on any atom is -0.363 e. The maximum absolute atomic E-state index is 6.20. The molecule has 0 unspecified atom stereocenters. The number of piperidine rings is 1. The lowest BCUT2D eigenvalue weighted by Crippen LogP contribution is -2.43. The first-order valence-corrected chi connectivity index (χ1v) is 7.72. The van der Waals surface area contributed by atoms with E-state index in [1.807, 2.05) is 0 Å². The molecule has 0 spiro atoms. The Morgan fingerprint density at radius 3 is 2.88 bits per heavy atom. The van der Waals surface area contributed by atoms with Crippen molar-refractivity contribution in [1.82, 2.24) is 4.90 Å². The highest BCUT2D eigenvalue weighted by molar-refractivity contribution is 4.88. The summed E-state index contributed by atoms with van der Waals surface area (Å²) < 4.78 is 6.20. The van der Waals surface area contributed by atoms with E-state index in [-0.39, 0.29) is 0 Å². The molecule has 0 amide bonds. The van der Waals surface area contributed by atoms with Crippen molar-refractivity contribution in [1.29, 1.82) is 0 Å². The van der Waals surface area contributed by atoms with Gasteiger partial charge in [-0.25, -0.2) is 0 Å². The highest BCUT2D eigenvalue weighted by Crippen LogP contribution is 2.37. The van der Waals surface area contributed by atoms with Gasteiger partial charge in [0.25, 0.3) is 0 Å². The maximum Gasteiger partial charge on any atom is 0.0996 e.